The number of carboxylic acid groups (broad SMARTS) is 1. The summed E-state index contributed by atoms with van der Waals surface area (Å²) in [5.74, 6) is 0.590. The number of thiazole rings is 1. The minimum atomic E-state index is -0.622. The van der Waals surface area contributed by atoms with Crippen molar-refractivity contribution >= 4 is 38.6 Å². The number of carbonyl (C=O) groups excluding carboxylic acids is 1. The highest BCUT2D eigenvalue weighted by Crippen LogP contribution is 2.60. The Bertz CT molecular complexity index is 1070. The third kappa shape index (κ3) is 3.52. The number of carbonyl (C=O) groups is 2. The topological polar surface area (TPSA) is 85.8 Å². The lowest BCUT2D eigenvalue weighted by Crippen LogP contribution is -2.66. The molecule has 4 bridgehead atoms. The lowest BCUT2D eigenvalue weighted by molar-refractivity contribution is -0.168. The Hall–Kier alpha value is -2.19. The van der Waals surface area contributed by atoms with Crippen LogP contribution in [0.5, 0.6) is 0 Å². The van der Waals surface area contributed by atoms with E-state index in [2.05, 4.69) is 27.2 Å². The molecule has 1 aromatic heterocycles. The maximum Gasteiger partial charge on any atom is 0.309 e. The maximum absolute atomic E-state index is 13.5. The Morgan fingerprint density at radius 1 is 1.09 bits per heavy atom. The molecule has 182 valence electrons. The van der Waals surface area contributed by atoms with Crippen LogP contribution in [0.15, 0.2) is 24.3 Å². The minimum Gasteiger partial charge on any atom is -0.481 e. The Morgan fingerprint density at radius 3 is 2.41 bits per heavy atom. The second kappa shape index (κ2) is 7.92. The van der Waals surface area contributed by atoms with Gasteiger partial charge in [-0.1, -0.05) is 23.5 Å². The Labute approximate surface area is 204 Å². The van der Waals surface area contributed by atoms with Crippen molar-refractivity contribution in [2.75, 3.05) is 31.1 Å². The summed E-state index contributed by atoms with van der Waals surface area (Å²) in [7, 11) is 0. The number of anilines is 1. The molecule has 1 aliphatic heterocycles. The smallest absolute Gasteiger partial charge is 0.309 e. The molecule has 2 N–H and O–H groups in total. The summed E-state index contributed by atoms with van der Waals surface area (Å²) in [6.45, 7) is 7.41. The molecule has 2 heterocycles. The molecule has 34 heavy (non-hydrogen) atoms. The van der Waals surface area contributed by atoms with E-state index in [0.717, 1.165) is 68.9 Å². The first-order valence-electron chi connectivity index (χ1n) is 12.7. The highest BCUT2D eigenvalue weighted by Gasteiger charge is 2.59. The fraction of sp³-hybridized carbons (Fsp3) is 0.654. The van der Waals surface area contributed by atoms with Gasteiger partial charge in [0.15, 0.2) is 5.13 Å². The van der Waals surface area contributed by atoms with E-state index in [4.69, 9.17) is 4.98 Å². The number of nitrogens with zero attached hydrogens (tertiary/aromatic N) is 3. The Morgan fingerprint density at radius 2 is 1.76 bits per heavy atom. The molecular formula is C26H34N4O3S. The third-order valence-corrected chi connectivity index (χ3v) is 10.3. The number of hydrogen-bond acceptors (Lipinski definition) is 6. The first kappa shape index (κ1) is 22.3. The van der Waals surface area contributed by atoms with E-state index < -0.39 is 16.9 Å². The monoisotopic (exact) mass is 482 g/mol. The van der Waals surface area contributed by atoms with Crippen LogP contribution in [0.1, 0.15) is 46.0 Å². The summed E-state index contributed by atoms with van der Waals surface area (Å²) in [6.07, 6.45) is 4.42. The van der Waals surface area contributed by atoms with Gasteiger partial charge in [-0.05, 0) is 75.8 Å². The molecule has 5 aliphatic rings. The maximum atomic E-state index is 13.5. The van der Waals surface area contributed by atoms with Gasteiger partial charge in [0.05, 0.1) is 21.2 Å². The van der Waals surface area contributed by atoms with E-state index >= 15 is 0 Å². The number of fused-ring (bicyclic) bond motifs is 1. The molecule has 8 heteroatoms. The number of para-hydroxylation sites is 1. The van der Waals surface area contributed by atoms with E-state index in [-0.39, 0.29) is 11.9 Å². The zero-order valence-electron chi connectivity index (χ0n) is 20.0. The van der Waals surface area contributed by atoms with Crippen molar-refractivity contribution < 1.29 is 14.7 Å². The summed E-state index contributed by atoms with van der Waals surface area (Å²) >= 11 is 1.73. The minimum absolute atomic E-state index is 0.0859. The second-order valence-electron chi connectivity index (χ2n) is 11.6. The normalized spacial score (nSPS) is 33.4. The lowest BCUT2D eigenvalue weighted by atomic mass is 9.48. The van der Waals surface area contributed by atoms with Crippen molar-refractivity contribution in [1.82, 2.24) is 15.2 Å². The summed E-state index contributed by atoms with van der Waals surface area (Å²) in [5.41, 5.74) is -0.0896. The summed E-state index contributed by atoms with van der Waals surface area (Å²) < 4.78 is 1.21. The van der Waals surface area contributed by atoms with Gasteiger partial charge in [-0.15, -0.1) is 0 Å². The predicted octanol–water partition coefficient (Wildman–Crippen LogP) is 3.59. The average molecular weight is 483 g/mol. The van der Waals surface area contributed by atoms with Crippen molar-refractivity contribution in [1.29, 1.82) is 0 Å². The standard InChI is InChI=1S/C26H34N4O3S/c1-25(2,30-9-7-29(8-10-30)24-27-19-5-3-4-6-20(19)34-24)22(31)28-21-17-11-16-12-18(21)15-26(13-16,14-17)23(32)33/h3-6,16-18,21H,7-15H2,1-2H3,(H,28,31)(H,32,33). The zero-order chi connectivity index (χ0) is 23.7. The van der Waals surface area contributed by atoms with Gasteiger partial charge in [0, 0.05) is 32.2 Å². The molecule has 7 nitrogen and oxygen atoms in total. The van der Waals surface area contributed by atoms with Gasteiger partial charge in [-0.2, -0.15) is 0 Å². The van der Waals surface area contributed by atoms with Crippen LogP contribution in [0.4, 0.5) is 5.13 Å². The summed E-state index contributed by atoms with van der Waals surface area (Å²) in [4.78, 5) is 35.0. The molecule has 2 atom stereocenters. The van der Waals surface area contributed by atoms with Crippen molar-refractivity contribution in [3.8, 4) is 0 Å². The number of nitrogens with one attached hydrogen (secondary N) is 1. The van der Waals surface area contributed by atoms with Crippen LogP contribution >= 0.6 is 11.3 Å². The first-order chi connectivity index (χ1) is 16.2. The third-order valence-electron chi connectivity index (χ3n) is 9.20. The summed E-state index contributed by atoms with van der Waals surface area (Å²) in [5, 5.41) is 14.4. The number of aliphatic carboxylic acids is 1. The van der Waals surface area contributed by atoms with Gasteiger partial charge in [0.1, 0.15) is 0 Å². The highest BCUT2D eigenvalue weighted by atomic mass is 32.1. The number of hydrogen-bond donors (Lipinski definition) is 2. The van der Waals surface area contributed by atoms with Gasteiger partial charge >= 0.3 is 5.97 Å². The van der Waals surface area contributed by atoms with Gasteiger partial charge in [-0.25, -0.2) is 4.98 Å². The van der Waals surface area contributed by atoms with Crippen molar-refractivity contribution in [2.45, 2.75) is 57.5 Å². The van der Waals surface area contributed by atoms with E-state index in [1.54, 1.807) is 11.3 Å². The van der Waals surface area contributed by atoms with Crippen LogP contribution in [-0.4, -0.2) is 64.6 Å². The van der Waals surface area contributed by atoms with Gasteiger partial charge < -0.3 is 15.3 Å². The molecule has 1 amide bonds. The fourth-order valence-electron chi connectivity index (χ4n) is 7.45. The molecule has 2 unspecified atom stereocenters. The molecule has 0 radical (unpaired) electrons. The molecule has 4 saturated carbocycles. The van der Waals surface area contributed by atoms with Crippen LogP contribution in [0, 0.1) is 23.2 Å². The van der Waals surface area contributed by atoms with Gasteiger partial charge in [0.25, 0.3) is 0 Å². The van der Waals surface area contributed by atoms with E-state index in [1.807, 2.05) is 26.0 Å². The van der Waals surface area contributed by atoms with Crippen LogP contribution in [-0.2, 0) is 9.59 Å². The molecule has 2 aromatic rings. The zero-order valence-corrected chi connectivity index (χ0v) is 20.8. The highest BCUT2D eigenvalue weighted by molar-refractivity contribution is 7.22. The second-order valence-corrected chi connectivity index (χ2v) is 12.6. The van der Waals surface area contributed by atoms with Crippen LogP contribution in [0.25, 0.3) is 10.2 Å². The quantitative estimate of drug-likeness (QED) is 0.677. The number of amides is 1. The Balaban J connectivity index is 1.10. The van der Waals surface area contributed by atoms with Gasteiger partial charge in [-0.3, -0.25) is 14.5 Å². The van der Waals surface area contributed by atoms with Crippen molar-refractivity contribution in [2.24, 2.45) is 23.2 Å². The van der Waals surface area contributed by atoms with E-state index in [0.29, 0.717) is 17.8 Å². The number of rotatable bonds is 5. The molecule has 1 aromatic carbocycles. The lowest BCUT2D eigenvalue weighted by Gasteiger charge is -2.58. The first-order valence-corrected chi connectivity index (χ1v) is 13.5. The molecule has 0 spiro atoms. The summed E-state index contributed by atoms with van der Waals surface area (Å²) in [6, 6.07) is 8.37. The molecular weight excluding hydrogens is 448 g/mol. The van der Waals surface area contributed by atoms with Crippen LogP contribution in [0.3, 0.4) is 0 Å². The van der Waals surface area contributed by atoms with E-state index in [1.165, 1.54) is 4.70 Å². The van der Waals surface area contributed by atoms with Crippen molar-refractivity contribution in [3.05, 3.63) is 24.3 Å². The van der Waals surface area contributed by atoms with Crippen LogP contribution in [0.2, 0.25) is 0 Å². The molecule has 1 saturated heterocycles. The predicted molar refractivity (Wildman–Crippen MR) is 133 cm³/mol. The number of aromatic nitrogens is 1. The molecule has 5 fully saturated rings. The Kier molecular flexibility index (Phi) is 5.19. The largest absolute Gasteiger partial charge is 0.481 e. The molecule has 7 rings (SSSR count). The number of piperazine rings is 1. The number of benzene rings is 1. The van der Waals surface area contributed by atoms with Crippen LogP contribution < -0.4 is 10.2 Å². The van der Waals surface area contributed by atoms with E-state index in [9.17, 15) is 14.7 Å². The molecule has 4 aliphatic carbocycles. The SMILES string of the molecule is CC(C)(C(=O)NC1C2CC3CC1CC(C(=O)O)(C3)C2)N1CCN(c2nc3ccccc3s2)CC1. The average Bonchev–Trinajstić information content (AvgIpc) is 3.25. The van der Waals surface area contributed by atoms with Gasteiger partial charge in [0.2, 0.25) is 5.91 Å². The number of carboxylic acids is 1. The van der Waals surface area contributed by atoms with Crippen molar-refractivity contribution in [3.63, 3.8) is 0 Å². The fourth-order valence-corrected chi connectivity index (χ4v) is 8.46.